The van der Waals surface area contributed by atoms with Crippen LogP contribution in [0.15, 0.2) is 0 Å². The zero-order valence-corrected chi connectivity index (χ0v) is 13.5. The van der Waals surface area contributed by atoms with Crippen molar-refractivity contribution in [3.63, 3.8) is 0 Å². The molecule has 0 aliphatic carbocycles. The molecule has 1 unspecified atom stereocenters. The van der Waals surface area contributed by atoms with Gasteiger partial charge in [0.05, 0.1) is 17.1 Å². The number of nitrogens with one attached hydrogen (secondary N) is 2. The Morgan fingerprint density at radius 2 is 2.24 bits per heavy atom. The number of hydrogen-bond acceptors (Lipinski definition) is 6. The lowest BCUT2D eigenvalue weighted by molar-refractivity contribution is -0.116. The highest BCUT2D eigenvalue weighted by molar-refractivity contribution is 7.91. The summed E-state index contributed by atoms with van der Waals surface area (Å²) in [4.78, 5) is 13.0. The van der Waals surface area contributed by atoms with Crippen molar-refractivity contribution in [2.75, 3.05) is 23.4 Å². The summed E-state index contributed by atoms with van der Waals surface area (Å²) in [7, 11) is -3.06. The summed E-state index contributed by atoms with van der Waals surface area (Å²) in [6, 6.07) is 1.73. The summed E-state index contributed by atoms with van der Waals surface area (Å²) in [6.07, 6.45) is 0.0834. The summed E-state index contributed by atoms with van der Waals surface area (Å²) in [5, 5.41) is 15.4. The zero-order chi connectivity index (χ0) is 15.6. The fraction of sp³-hybridized carbons (Fsp3) is 0.538. The van der Waals surface area contributed by atoms with Gasteiger partial charge in [-0.3, -0.25) is 4.79 Å². The maximum atomic E-state index is 12.0. The molecule has 1 aliphatic heterocycles. The molecule has 1 aliphatic rings. The van der Waals surface area contributed by atoms with Crippen molar-refractivity contribution in [1.82, 2.24) is 5.32 Å². The van der Waals surface area contributed by atoms with Crippen molar-refractivity contribution >= 4 is 32.1 Å². The molecule has 0 radical (unpaired) electrons. The highest BCUT2D eigenvalue weighted by atomic mass is 32.2. The van der Waals surface area contributed by atoms with E-state index < -0.39 is 9.84 Å². The summed E-state index contributed by atoms with van der Waals surface area (Å²) in [6.45, 7) is 4.11. The molecule has 0 aromatic carbocycles. The van der Waals surface area contributed by atoms with Gasteiger partial charge in [0.25, 0.3) is 0 Å². The average Bonchev–Trinajstić information content (AvgIpc) is 2.62. The van der Waals surface area contributed by atoms with Gasteiger partial charge in [-0.1, -0.05) is 0 Å². The molecule has 1 fully saturated rings. The SMILES string of the molecule is Cc1sc(NC(=O)CC2CS(=O)(=O)CCN2)c(C#N)c1C. The number of anilines is 1. The third kappa shape index (κ3) is 3.81. The minimum atomic E-state index is -3.06. The lowest BCUT2D eigenvalue weighted by atomic mass is 10.2. The van der Waals surface area contributed by atoms with Crippen molar-refractivity contribution in [3.05, 3.63) is 16.0 Å². The molecule has 2 N–H and O–H groups in total. The lowest BCUT2D eigenvalue weighted by Gasteiger charge is -2.22. The quantitative estimate of drug-likeness (QED) is 0.861. The number of nitriles is 1. The van der Waals surface area contributed by atoms with Crippen LogP contribution in [-0.4, -0.2) is 38.4 Å². The maximum absolute atomic E-state index is 12.0. The summed E-state index contributed by atoms with van der Waals surface area (Å²) in [5.74, 6) is -0.177. The Morgan fingerprint density at radius 1 is 1.52 bits per heavy atom. The Balaban J connectivity index is 2.03. The predicted molar refractivity (Wildman–Crippen MR) is 82.2 cm³/mol. The minimum Gasteiger partial charge on any atom is -0.317 e. The zero-order valence-electron chi connectivity index (χ0n) is 11.9. The molecule has 6 nitrogen and oxygen atoms in total. The topological polar surface area (TPSA) is 99.1 Å². The van der Waals surface area contributed by atoms with Crippen LogP contribution in [0.1, 0.15) is 22.4 Å². The van der Waals surface area contributed by atoms with E-state index in [0.717, 1.165) is 10.4 Å². The highest BCUT2D eigenvalue weighted by Crippen LogP contribution is 2.31. The van der Waals surface area contributed by atoms with E-state index in [9.17, 15) is 13.2 Å². The van der Waals surface area contributed by atoms with Crippen molar-refractivity contribution < 1.29 is 13.2 Å². The van der Waals surface area contributed by atoms with Crippen LogP contribution in [0.3, 0.4) is 0 Å². The molecule has 1 atom stereocenters. The molecule has 1 amide bonds. The van der Waals surface area contributed by atoms with Gasteiger partial charge in [0.15, 0.2) is 9.84 Å². The van der Waals surface area contributed by atoms with Crippen LogP contribution in [0, 0.1) is 25.2 Å². The Morgan fingerprint density at radius 3 is 2.86 bits per heavy atom. The van der Waals surface area contributed by atoms with Crippen molar-refractivity contribution in [2.45, 2.75) is 26.3 Å². The Kier molecular flexibility index (Phi) is 4.66. The van der Waals surface area contributed by atoms with E-state index >= 15 is 0 Å². The van der Waals surface area contributed by atoms with Gasteiger partial charge in [0, 0.05) is 23.9 Å². The van der Waals surface area contributed by atoms with Gasteiger partial charge in [0.2, 0.25) is 5.91 Å². The first-order chi connectivity index (χ1) is 9.82. The maximum Gasteiger partial charge on any atom is 0.226 e. The number of hydrogen-bond donors (Lipinski definition) is 2. The van der Waals surface area contributed by atoms with Gasteiger partial charge in [-0.15, -0.1) is 11.3 Å². The van der Waals surface area contributed by atoms with Crippen LogP contribution in [0.4, 0.5) is 5.00 Å². The molecule has 0 spiro atoms. The fourth-order valence-electron chi connectivity index (χ4n) is 2.25. The summed E-state index contributed by atoms with van der Waals surface area (Å²) in [5.41, 5.74) is 1.35. The second-order valence-electron chi connectivity index (χ2n) is 5.12. The molecule has 0 bridgehead atoms. The second kappa shape index (κ2) is 6.13. The molecular formula is C13H17N3O3S2. The minimum absolute atomic E-state index is 0.0198. The van der Waals surface area contributed by atoms with Crippen LogP contribution in [0.2, 0.25) is 0 Å². The molecular weight excluding hydrogens is 310 g/mol. The van der Waals surface area contributed by atoms with Crippen LogP contribution in [0.25, 0.3) is 0 Å². The number of amides is 1. The molecule has 21 heavy (non-hydrogen) atoms. The number of carbonyl (C=O) groups is 1. The first-order valence-electron chi connectivity index (χ1n) is 6.56. The third-order valence-corrected chi connectivity index (χ3v) is 6.34. The third-order valence-electron chi connectivity index (χ3n) is 3.48. The molecule has 1 saturated heterocycles. The molecule has 2 rings (SSSR count). The highest BCUT2D eigenvalue weighted by Gasteiger charge is 2.26. The van der Waals surface area contributed by atoms with Crippen LogP contribution >= 0.6 is 11.3 Å². The van der Waals surface area contributed by atoms with E-state index in [1.807, 2.05) is 13.8 Å². The van der Waals surface area contributed by atoms with E-state index in [1.54, 1.807) is 0 Å². The van der Waals surface area contributed by atoms with Gasteiger partial charge in [-0.2, -0.15) is 5.26 Å². The first kappa shape index (κ1) is 15.9. The van der Waals surface area contributed by atoms with Crippen molar-refractivity contribution in [3.8, 4) is 6.07 Å². The van der Waals surface area contributed by atoms with Gasteiger partial charge >= 0.3 is 0 Å². The molecule has 2 heterocycles. The van der Waals surface area contributed by atoms with Crippen LogP contribution in [-0.2, 0) is 14.6 Å². The van der Waals surface area contributed by atoms with E-state index in [0.29, 0.717) is 17.1 Å². The normalized spacial score (nSPS) is 20.7. The first-order valence-corrected chi connectivity index (χ1v) is 9.20. The number of aryl methyl sites for hydroxylation is 1. The Bertz CT molecular complexity index is 701. The predicted octanol–water partition coefficient (Wildman–Crippen LogP) is 0.952. The standard InChI is InChI=1S/C13H17N3O3S2/c1-8-9(2)20-13(11(8)6-14)16-12(17)5-10-7-21(18,19)4-3-15-10/h10,15H,3-5,7H2,1-2H3,(H,16,17). The summed E-state index contributed by atoms with van der Waals surface area (Å²) < 4.78 is 23.1. The molecule has 8 heteroatoms. The lowest BCUT2D eigenvalue weighted by Crippen LogP contribution is -2.46. The van der Waals surface area contributed by atoms with Crippen LogP contribution < -0.4 is 10.6 Å². The smallest absolute Gasteiger partial charge is 0.226 e. The van der Waals surface area contributed by atoms with E-state index in [1.165, 1.54) is 11.3 Å². The molecule has 114 valence electrons. The van der Waals surface area contributed by atoms with Crippen molar-refractivity contribution in [2.24, 2.45) is 0 Å². The number of nitrogens with zero attached hydrogens (tertiary/aromatic N) is 1. The van der Waals surface area contributed by atoms with E-state index in [-0.39, 0.29) is 29.9 Å². The van der Waals surface area contributed by atoms with Gasteiger partial charge in [0.1, 0.15) is 11.1 Å². The average molecular weight is 327 g/mol. The van der Waals surface area contributed by atoms with E-state index in [2.05, 4.69) is 16.7 Å². The Labute approximate surface area is 128 Å². The fourth-order valence-corrected chi connectivity index (χ4v) is 4.72. The van der Waals surface area contributed by atoms with Gasteiger partial charge in [-0.25, -0.2) is 8.42 Å². The van der Waals surface area contributed by atoms with E-state index in [4.69, 9.17) is 5.26 Å². The Hall–Kier alpha value is -1.43. The second-order valence-corrected chi connectivity index (χ2v) is 8.57. The number of carbonyl (C=O) groups excluding carboxylic acids is 1. The van der Waals surface area contributed by atoms with Gasteiger partial charge in [-0.05, 0) is 19.4 Å². The largest absolute Gasteiger partial charge is 0.317 e. The number of sulfone groups is 1. The molecule has 1 aromatic heterocycles. The van der Waals surface area contributed by atoms with Crippen molar-refractivity contribution in [1.29, 1.82) is 5.26 Å². The number of thiophene rings is 1. The molecule has 1 aromatic rings. The van der Waals surface area contributed by atoms with Gasteiger partial charge < -0.3 is 10.6 Å². The molecule has 0 saturated carbocycles. The number of rotatable bonds is 3. The summed E-state index contributed by atoms with van der Waals surface area (Å²) >= 11 is 1.36. The van der Waals surface area contributed by atoms with Crippen LogP contribution in [0.5, 0.6) is 0 Å². The monoisotopic (exact) mass is 327 g/mol.